The molecule has 264 valence electrons. The molecule has 4 aromatic rings. The Labute approximate surface area is 291 Å². The molecule has 2 aliphatic rings. The molecule has 1 unspecified atom stereocenters. The fourth-order valence-corrected chi connectivity index (χ4v) is 7.49. The third-order valence-corrected chi connectivity index (χ3v) is 9.62. The second-order valence-corrected chi connectivity index (χ2v) is 15.7. The van der Waals surface area contributed by atoms with Gasteiger partial charge in [-0.1, -0.05) is 36.4 Å². The molecule has 2 aliphatic heterocycles. The second kappa shape index (κ2) is 14.5. The van der Waals surface area contributed by atoms with E-state index in [4.69, 9.17) is 14.2 Å². The molecule has 4 heterocycles. The number of fused-ring (bicyclic) bond motifs is 2. The quantitative estimate of drug-likeness (QED) is 0.159. The van der Waals surface area contributed by atoms with Gasteiger partial charge in [0.05, 0.1) is 13.2 Å². The minimum absolute atomic E-state index is 0.140. The Bertz CT molecular complexity index is 1630. The lowest BCUT2D eigenvalue weighted by Crippen LogP contribution is -2.40. The molecular formula is C40H54N4O5. The zero-order chi connectivity index (χ0) is 34.8. The van der Waals surface area contributed by atoms with Gasteiger partial charge in [-0.25, -0.2) is 9.59 Å². The lowest BCUT2D eigenvalue weighted by atomic mass is 10.0. The Balaban J connectivity index is 1.06. The van der Waals surface area contributed by atoms with E-state index in [2.05, 4.69) is 70.1 Å². The summed E-state index contributed by atoms with van der Waals surface area (Å²) in [5, 5.41) is 2.47. The number of nitrogens with zero attached hydrogens (tertiary/aromatic N) is 4. The number of para-hydroxylation sites is 2. The van der Waals surface area contributed by atoms with Gasteiger partial charge < -0.3 is 33.1 Å². The van der Waals surface area contributed by atoms with Crippen LogP contribution >= 0.6 is 0 Å². The zero-order valence-corrected chi connectivity index (χ0v) is 30.2. The van der Waals surface area contributed by atoms with E-state index < -0.39 is 11.2 Å². The minimum Gasteiger partial charge on any atom is -0.444 e. The van der Waals surface area contributed by atoms with Gasteiger partial charge in [0, 0.05) is 72.5 Å². The highest BCUT2D eigenvalue weighted by atomic mass is 16.6. The molecule has 0 aliphatic carbocycles. The molecule has 0 N–H and O–H groups in total. The van der Waals surface area contributed by atoms with Crippen molar-refractivity contribution in [1.29, 1.82) is 0 Å². The van der Waals surface area contributed by atoms with Crippen LogP contribution in [-0.4, -0.2) is 80.7 Å². The monoisotopic (exact) mass is 670 g/mol. The molecule has 9 heteroatoms. The number of carbonyl (C=O) groups excluding carboxylic acids is 2. The molecule has 2 fully saturated rings. The molecule has 0 saturated carbocycles. The summed E-state index contributed by atoms with van der Waals surface area (Å²) in [4.78, 5) is 29.7. The van der Waals surface area contributed by atoms with E-state index in [9.17, 15) is 9.59 Å². The predicted octanol–water partition coefficient (Wildman–Crippen LogP) is 8.20. The van der Waals surface area contributed by atoms with Crippen LogP contribution in [0.2, 0.25) is 0 Å². The number of hydrogen-bond acceptors (Lipinski definition) is 5. The smallest absolute Gasteiger partial charge is 0.410 e. The SMILES string of the molecule is CC(C)(C)OC(=O)N1CCCC1Cc1cn(CCOCCn2cc(C[C@@H]3CCCN3C(=O)OC(C)(C)C)c3ccccc32)c2ccccc12. The van der Waals surface area contributed by atoms with Crippen LogP contribution in [0.4, 0.5) is 9.59 Å². The molecule has 2 aromatic heterocycles. The highest BCUT2D eigenvalue weighted by molar-refractivity contribution is 5.85. The molecule has 2 amide bonds. The summed E-state index contributed by atoms with van der Waals surface area (Å²) in [6, 6.07) is 17.3. The Kier molecular flexibility index (Phi) is 10.3. The average Bonchev–Trinajstić information content (AvgIpc) is 3.83. The molecular weight excluding hydrogens is 616 g/mol. The van der Waals surface area contributed by atoms with Crippen LogP contribution in [0.25, 0.3) is 21.8 Å². The van der Waals surface area contributed by atoms with Crippen LogP contribution < -0.4 is 0 Å². The first-order valence-corrected chi connectivity index (χ1v) is 18.1. The van der Waals surface area contributed by atoms with Gasteiger partial charge in [0.2, 0.25) is 0 Å². The highest BCUT2D eigenvalue weighted by Crippen LogP contribution is 2.30. The van der Waals surface area contributed by atoms with Gasteiger partial charge in [0.1, 0.15) is 11.2 Å². The van der Waals surface area contributed by atoms with Gasteiger partial charge >= 0.3 is 12.2 Å². The topological polar surface area (TPSA) is 78.2 Å². The van der Waals surface area contributed by atoms with Crippen LogP contribution in [0.15, 0.2) is 60.9 Å². The minimum atomic E-state index is -0.502. The standard InChI is InChI=1S/C40H54N4O5/c1-39(2,3)48-37(45)43-19-11-13-31(43)25-29-27-41(35-17-9-7-15-33(29)35)21-23-47-24-22-42-28-30(34-16-8-10-18-36(34)42)26-32-14-12-20-44(32)38(46)49-40(4,5)6/h7-10,15-18,27-28,31-32H,11-14,19-26H2,1-6H3/t31-,32?/m0/s1. The first-order chi connectivity index (χ1) is 23.4. The number of amides is 2. The number of rotatable bonds is 10. The van der Waals surface area contributed by atoms with Crippen molar-refractivity contribution in [2.75, 3.05) is 26.3 Å². The summed E-state index contributed by atoms with van der Waals surface area (Å²) in [5.74, 6) is 0. The highest BCUT2D eigenvalue weighted by Gasteiger charge is 2.34. The zero-order valence-electron chi connectivity index (χ0n) is 30.2. The van der Waals surface area contributed by atoms with Crippen molar-refractivity contribution in [2.45, 2.75) is 116 Å². The third-order valence-electron chi connectivity index (χ3n) is 9.62. The van der Waals surface area contributed by atoms with Crippen molar-refractivity contribution in [2.24, 2.45) is 0 Å². The lowest BCUT2D eigenvalue weighted by molar-refractivity contribution is 0.0216. The fourth-order valence-electron chi connectivity index (χ4n) is 7.49. The van der Waals surface area contributed by atoms with Crippen LogP contribution in [-0.2, 0) is 40.1 Å². The molecule has 0 spiro atoms. The molecule has 2 atom stereocenters. The van der Waals surface area contributed by atoms with Crippen LogP contribution in [0.5, 0.6) is 0 Å². The Hall–Kier alpha value is -3.98. The molecule has 49 heavy (non-hydrogen) atoms. The van der Waals surface area contributed by atoms with E-state index in [1.165, 1.54) is 32.9 Å². The number of aromatic nitrogens is 2. The van der Waals surface area contributed by atoms with E-state index in [0.717, 1.165) is 64.7 Å². The normalized spacial score (nSPS) is 18.6. The van der Waals surface area contributed by atoms with Gasteiger partial charge in [-0.15, -0.1) is 0 Å². The van der Waals surface area contributed by atoms with Gasteiger partial charge in [-0.2, -0.15) is 0 Å². The summed E-state index contributed by atoms with van der Waals surface area (Å²) in [7, 11) is 0. The summed E-state index contributed by atoms with van der Waals surface area (Å²) >= 11 is 0. The number of carbonyl (C=O) groups is 2. The van der Waals surface area contributed by atoms with Crippen LogP contribution in [0.3, 0.4) is 0 Å². The van der Waals surface area contributed by atoms with Crippen molar-refractivity contribution in [3.63, 3.8) is 0 Å². The predicted molar refractivity (Wildman–Crippen MR) is 194 cm³/mol. The summed E-state index contributed by atoms with van der Waals surface area (Å²) in [5.41, 5.74) is 3.90. The second-order valence-electron chi connectivity index (χ2n) is 15.7. The fraction of sp³-hybridized carbons (Fsp3) is 0.550. The number of ether oxygens (including phenoxy) is 3. The molecule has 0 bridgehead atoms. The van der Waals surface area contributed by atoms with Gasteiger partial charge in [-0.3, -0.25) is 0 Å². The van der Waals surface area contributed by atoms with Crippen LogP contribution in [0.1, 0.15) is 78.4 Å². The van der Waals surface area contributed by atoms with E-state index in [-0.39, 0.29) is 24.3 Å². The first kappa shape index (κ1) is 34.9. The third kappa shape index (κ3) is 8.43. The van der Waals surface area contributed by atoms with Gasteiger partial charge in [0.25, 0.3) is 0 Å². The van der Waals surface area contributed by atoms with Gasteiger partial charge in [-0.05, 0) is 103 Å². The van der Waals surface area contributed by atoms with E-state index >= 15 is 0 Å². The largest absolute Gasteiger partial charge is 0.444 e. The summed E-state index contributed by atoms with van der Waals surface area (Å²) in [6.45, 7) is 15.7. The maximum Gasteiger partial charge on any atom is 0.410 e. The lowest BCUT2D eigenvalue weighted by Gasteiger charge is -2.28. The van der Waals surface area contributed by atoms with Crippen molar-refractivity contribution in [3.05, 3.63) is 72.1 Å². The van der Waals surface area contributed by atoms with Crippen molar-refractivity contribution in [1.82, 2.24) is 18.9 Å². The summed E-state index contributed by atoms with van der Waals surface area (Å²) < 4.78 is 22.2. The van der Waals surface area contributed by atoms with E-state index in [1.54, 1.807) is 0 Å². The van der Waals surface area contributed by atoms with E-state index in [0.29, 0.717) is 13.2 Å². The van der Waals surface area contributed by atoms with Crippen LogP contribution in [0, 0.1) is 0 Å². The summed E-state index contributed by atoms with van der Waals surface area (Å²) in [6.07, 6.45) is 9.66. The molecule has 2 aromatic carbocycles. The molecule has 6 rings (SSSR count). The molecule has 9 nitrogen and oxygen atoms in total. The first-order valence-electron chi connectivity index (χ1n) is 18.1. The maximum atomic E-state index is 12.9. The number of likely N-dealkylation sites (tertiary alicyclic amines) is 2. The van der Waals surface area contributed by atoms with Crippen molar-refractivity contribution >= 4 is 34.0 Å². The average molecular weight is 671 g/mol. The Morgan fingerprint density at radius 1 is 0.653 bits per heavy atom. The van der Waals surface area contributed by atoms with E-state index in [1.807, 2.05) is 51.3 Å². The van der Waals surface area contributed by atoms with Crippen molar-refractivity contribution < 1.29 is 23.8 Å². The number of benzene rings is 2. The Morgan fingerprint density at radius 2 is 1.06 bits per heavy atom. The molecule has 2 saturated heterocycles. The maximum absolute atomic E-state index is 12.9. The number of hydrogen-bond donors (Lipinski definition) is 0. The van der Waals surface area contributed by atoms with Crippen molar-refractivity contribution in [3.8, 4) is 0 Å². The Morgan fingerprint density at radius 3 is 1.47 bits per heavy atom. The van der Waals surface area contributed by atoms with Gasteiger partial charge in [0.15, 0.2) is 0 Å². The molecule has 0 radical (unpaired) electrons.